The summed E-state index contributed by atoms with van der Waals surface area (Å²) in [4.78, 5) is 18.4. The van der Waals surface area contributed by atoms with E-state index in [-0.39, 0.29) is 29.6 Å². The molecule has 25 heavy (non-hydrogen) atoms. The Kier molecular flexibility index (Phi) is 4.22. The summed E-state index contributed by atoms with van der Waals surface area (Å²) in [7, 11) is 0. The van der Waals surface area contributed by atoms with E-state index in [2.05, 4.69) is 20.4 Å². The van der Waals surface area contributed by atoms with Crippen molar-refractivity contribution in [3.05, 3.63) is 59.4 Å². The molecule has 0 aliphatic rings. The molecule has 0 fully saturated rings. The predicted octanol–water partition coefficient (Wildman–Crippen LogP) is 1.66. The number of nitriles is 2. The first-order valence-electron chi connectivity index (χ1n) is 7.09. The largest absolute Gasteiger partial charge is 0.314 e. The molecule has 2 N–H and O–H groups in total. The Labute approximate surface area is 141 Å². The molecule has 2 heterocycles. The van der Waals surface area contributed by atoms with Gasteiger partial charge < -0.3 is 4.98 Å². The highest BCUT2D eigenvalue weighted by atomic mass is 19.1. The summed E-state index contributed by atoms with van der Waals surface area (Å²) in [6.07, 6.45) is 1.63. The molecule has 3 aromatic rings. The number of aromatic nitrogens is 4. The molecular weight excluding hydrogens is 325 g/mol. The zero-order valence-electron chi connectivity index (χ0n) is 12.7. The number of amides is 1. The molecule has 1 aromatic carbocycles. The Morgan fingerprint density at radius 2 is 2.00 bits per heavy atom. The van der Waals surface area contributed by atoms with Crippen LogP contribution in [-0.4, -0.2) is 25.7 Å². The summed E-state index contributed by atoms with van der Waals surface area (Å²) < 4.78 is 14.5. The lowest BCUT2D eigenvalue weighted by atomic mass is 10.3. The SMILES string of the molecule is N#Cc1nc(NC(=O)Cc2ccn(-c3ccc(F)cc3)n2)[nH]c1C#N. The minimum absolute atomic E-state index is 0.0154. The minimum Gasteiger partial charge on any atom is -0.314 e. The smallest absolute Gasteiger partial charge is 0.232 e. The van der Waals surface area contributed by atoms with Crippen LogP contribution in [0.25, 0.3) is 5.69 Å². The van der Waals surface area contributed by atoms with Gasteiger partial charge in [0.15, 0.2) is 11.4 Å². The van der Waals surface area contributed by atoms with E-state index in [1.54, 1.807) is 36.5 Å². The number of nitrogens with zero attached hydrogens (tertiary/aromatic N) is 5. The van der Waals surface area contributed by atoms with Gasteiger partial charge in [0.25, 0.3) is 0 Å². The van der Waals surface area contributed by atoms with Gasteiger partial charge in [-0.05, 0) is 30.3 Å². The highest BCUT2D eigenvalue weighted by Gasteiger charge is 2.13. The average molecular weight is 335 g/mol. The second-order valence-electron chi connectivity index (χ2n) is 4.99. The number of carbonyl (C=O) groups is 1. The molecule has 3 rings (SSSR count). The van der Waals surface area contributed by atoms with E-state index in [0.717, 1.165) is 0 Å². The number of benzene rings is 1. The number of rotatable bonds is 4. The number of halogens is 1. The lowest BCUT2D eigenvalue weighted by molar-refractivity contribution is -0.115. The molecule has 0 saturated carbocycles. The van der Waals surface area contributed by atoms with Gasteiger partial charge in [0.05, 0.1) is 17.8 Å². The highest BCUT2D eigenvalue weighted by Crippen LogP contribution is 2.11. The molecular formula is C16H10FN7O. The number of anilines is 1. The first kappa shape index (κ1) is 15.9. The Balaban J connectivity index is 1.68. The number of aromatic amines is 1. The molecule has 0 radical (unpaired) electrons. The quantitative estimate of drug-likeness (QED) is 0.750. The average Bonchev–Trinajstić information content (AvgIpc) is 3.22. The number of H-pyrrole nitrogens is 1. The Morgan fingerprint density at radius 1 is 1.24 bits per heavy atom. The Morgan fingerprint density at radius 3 is 2.64 bits per heavy atom. The van der Waals surface area contributed by atoms with Gasteiger partial charge in [-0.25, -0.2) is 14.1 Å². The zero-order valence-corrected chi connectivity index (χ0v) is 12.7. The predicted molar refractivity (Wildman–Crippen MR) is 83.9 cm³/mol. The first-order chi connectivity index (χ1) is 12.1. The van der Waals surface area contributed by atoms with Gasteiger partial charge in [0.2, 0.25) is 11.9 Å². The van der Waals surface area contributed by atoms with Gasteiger partial charge in [-0.3, -0.25) is 10.1 Å². The molecule has 0 atom stereocenters. The lowest BCUT2D eigenvalue weighted by Crippen LogP contribution is -2.16. The third-order valence-corrected chi connectivity index (χ3v) is 3.26. The Hall–Kier alpha value is -3.98. The fourth-order valence-electron chi connectivity index (χ4n) is 2.13. The van der Waals surface area contributed by atoms with Crippen LogP contribution in [0.3, 0.4) is 0 Å². The van der Waals surface area contributed by atoms with Gasteiger partial charge in [0.1, 0.15) is 18.0 Å². The van der Waals surface area contributed by atoms with E-state index in [0.29, 0.717) is 11.4 Å². The van der Waals surface area contributed by atoms with Crippen molar-refractivity contribution in [2.45, 2.75) is 6.42 Å². The van der Waals surface area contributed by atoms with Crippen LogP contribution >= 0.6 is 0 Å². The van der Waals surface area contributed by atoms with Crippen molar-refractivity contribution in [1.29, 1.82) is 10.5 Å². The number of hydrogen-bond acceptors (Lipinski definition) is 5. The summed E-state index contributed by atoms with van der Waals surface area (Å²) >= 11 is 0. The van der Waals surface area contributed by atoms with E-state index in [9.17, 15) is 9.18 Å². The van der Waals surface area contributed by atoms with Crippen LogP contribution in [0, 0.1) is 28.5 Å². The number of nitrogens with one attached hydrogen (secondary N) is 2. The van der Waals surface area contributed by atoms with Gasteiger partial charge in [-0.1, -0.05) is 0 Å². The number of hydrogen-bond donors (Lipinski definition) is 2. The zero-order chi connectivity index (χ0) is 17.8. The van der Waals surface area contributed by atoms with Crippen molar-refractivity contribution in [3.63, 3.8) is 0 Å². The Bertz CT molecular complexity index is 973. The van der Waals surface area contributed by atoms with Gasteiger partial charge in [-0.15, -0.1) is 0 Å². The van der Waals surface area contributed by atoms with Crippen molar-refractivity contribution in [1.82, 2.24) is 19.7 Å². The van der Waals surface area contributed by atoms with E-state index in [1.807, 2.05) is 0 Å². The highest BCUT2D eigenvalue weighted by molar-refractivity contribution is 5.90. The molecule has 122 valence electrons. The summed E-state index contributed by atoms with van der Waals surface area (Å²) in [5, 5.41) is 24.4. The molecule has 0 bridgehead atoms. The van der Waals surface area contributed by atoms with Crippen LogP contribution in [0.15, 0.2) is 36.5 Å². The summed E-state index contributed by atoms with van der Waals surface area (Å²) in [5.41, 5.74) is 1.06. The molecule has 0 aliphatic heterocycles. The monoisotopic (exact) mass is 335 g/mol. The molecule has 9 heteroatoms. The van der Waals surface area contributed by atoms with Crippen LogP contribution in [0.1, 0.15) is 17.1 Å². The van der Waals surface area contributed by atoms with E-state index >= 15 is 0 Å². The molecule has 2 aromatic heterocycles. The maximum absolute atomic E-state index is 12.9. The maximum Gasteiger partial charge on any atom is 0.232 e. The normalized spacial score (nSPS) is 10.0. The van der Waals surface area contributed by atoms with Gasteiger partial charge in [0, 0.05) is 6.20 Å². The minimum atomic E-state index is -0.410. The lowest BCUT2D eigenvalue weighted by Gasteiger charge is -2.01. The van der Waals surface area contributed by atoms with E-state index < -0.39 is 5.91 Å². The summed E-state index contributed by atoms with van der Waals surface area (Å²) in [6, 6.07) is 11.0. The second kappa shape index (κ2) is 6.64. The number of imidazole rings is 1. The van der Waals surface area contributed by atoms with Crippen LogP contribution in [0.5, 0.6) is 0 Å². The van der Waals surface area contributed by atoms with Gasteiger partial charge >= 0.3 is 0 Å². The molecule has 0 spiro atoms. The molecule has 1 amide bonds. The van der Waals surface area contributed by atoms with Crippen molar-refractivity contribution in [3.8, 4) is 17.8 Å². The molecule has 8 nitrogen and oxygen atoms in total. The first-order valence-corrected chi connectivity index (χ1v) is 7.09. The fraction of sp³-hybridized carbons (Fsp3) is 0.0625. The van der Waals surface area contributed by atoms with Gasteiger partial charge in [-0.2, -0.15) is 15.6 Å². The number of carbonyl (C=O) groups excluding carboxylic acids is 1. The van der Waals surface area contributed by atoms with E-state index in [4.69, 9.17) is 10.5 Å². The van der Waals surface area contributed by atoms with Crippen LogP contribution in [-0.2, 0) is 11.2 Å². The molecule has 0 unspecified atom stereocenters. The van der Waals surface area contributed by atoms with Crippen LogP contribution in [0.4, 0.5) is 10.3 Å². The second-order valence-corrected chi connectivity index (χ2v) is 4.99. The van der Waals surface area contributed by atoms with Crippen LogP contribution < -0.4 is 5.32 Å². The van der Waals surface area contributed by atoms with E-state index in [1.165, 1.54) is 16.8 Å². The summed E-state index contributed by atoms with van der Waals surface area (Å²) in [5.74, 6) is -0.731. The fourth-order valence-corrected chi connectivity index (χ4v) is 2.13. The summed E-state index contributed by atoms with van der Waals surface area (Å²) in [6.45, 7) is 0. The standard InChI is InChI=1S/C16H10FN7O/c17-10-1-3-12(4-2-10)24-6-5-11(23-24)7-15(25)22-16-20-13(8-18)14(9-19)21-16/h1-6H,7H2,(H2,20,21,22,25). The van der Waals surface area contributed by atoms with Crippen LogP contribution in [0.2, 0.25) is 0 Å². The molecule has 0 aliphatic carbocycles. The molecule has 0 saturated heterocycles. The maximum atomic E-state index is 12.9. The topological polar surface area (TPSA) is 123 Å². The third kappa shape index (κ3) is 3.51. The third-order valence-electron chi connectivity index (χ3n) is 3.26. The van der Waals surface area contributed by atoms with Crippen molar-refractivity contribution >= 4 is 11.9 Å². The van der Waals surface area contributed by atoms with Crippen molar-refractivity contribution in [2.75, 3.05) is 5.32 Å². The van der Waals surface area contributed by atoms with Crippen molar-refractivity contribution < 1.29 is 9.18 Å². The van der Waals surface area contributed by atoms with Crippen molar-refractivity contribution in [2.24, 2.45) is 0 Å².